The van der Waals surface area contributed by atoms with Crippen LogP contribution in [0.5, 0.6) is 0 Å². The summed E-state index contributed by atoms with van der Waals surface area (Å²) in [5, 5.41) is 1.65. The lowest BCUT2D eigenvalue weighted by molar-refractivity contribution is -0.137. The van der Waals surface area contributed by atoms with Crippen molar-refractivity contribution in [1.82, 2.24) is 0 Å². The van der Waals surface area contributed by atoms with Gasteiger partial charge in [0.25, 0.3) is 0 Å². The molecule has 0 heterocycles. The zero-order chi connectivity index (χ0) is 14.0. The monoisotopic (exact) mass is 294 g/mol. The third-order valence-electron chi connectivity index (χ3n) is 1.87. The highest BCUT2D eigenvalue weighted by Crippen LogP contribution is 2.29. The standard InChI is InChI=1S/C11H11F3S2.C2H6/c12-11(13,14)10-4-2-9(3-5-10)8-16-7-1-6-15;1-2/h1-6,15H,7-8H2;1-2H3/b6-1+;. The van der Waals surface area contributed by atoms with E-state index in [1.807, 2.05) is 19.9 Å². The van der Waals surface area contributed by atoms with Crippen LogP contribution in [0.15, 0.2) is 35.7 Å². The van der Waals surface area contributed by atoms with E-state index >= 15 is 0 Å². The Balaban J connectivity index is 0.00000137. The number of benzene rings is 1. The average molecular weight is 294 g/mol. The molecule has 0 saturated heterocycles. The highest BCUT2D eigenvalue weighted by atomic mass is 32.2. The smallest absolute Gasteiger partial charge is 0.166 e. The molecule has 0 N–H and O–H groups in total. The van der Waals surface area contributed by atoms with Gasteiger partial charge in [-0.05, 0) is 23.1 Å². The summed E-state index contributed by atoms with van der Waals surface area (Å²) in [7, 11) is 0. The van der Waals surface area contributed by atoms with Crippen LogP contribution < -0.4 is 0 Å². The number of hydrogen-bond donors (Lipinski definition) is 1. The Morgan fingerprint density at radius 2 is 1.72 bits per heavy atom. The lowest BCUT2D eigenvalue weighted by atomic mass is 10.1. The summed E-state index contributed by atoms with van der Waals surface area (Å²) in [4.78, 5) is 0. The summed E-state index contributed by atoms with van der Waals surface area (Å²) in [6, 6.07) is 5.26. The summed E-state index contributed by atoms with van der Waals surface area (Å²) in [6.45, 7) is 4.00. The van der Waals surface area contributed by atoms with Crippen molar-refractivity contribution in [2.45, 2.75) is 25.8 Å². The molecule has 18 heavy (non-hydrogen) atoms. The van der Waals surface area contributed by atoms with Crippen molar-refractivity contribution < 1.29 is 13.2 Å². The van der Waals surface area contributed by atoms with Crippen molar-refractivity contribution in [3.63, 3.8) is 0 Å². The van der Waals surface area contributed by atoms with E-state index in [1.165, 1.54) is 12.1 Å². The van der Waals surface area contributed by atoms with Crippen LogP contribution in [0.1, 0.15) is 25.0 Å². The Kier molecular flexibility index (Phi) is 9.10. The molecule has 0 saturated carbocycles. The van der Waals surface area contributed by atoms with E-state index in [0.717, 1.165) is 23.4 Å². The number of halogens is 3. The molecule has 102 valence electrons. The van der Waals surface area contributed by atoms with Gasteiger partial charge in [-0.3, -0.25) is 0 Å². The molecule has 0 radical (unpaired) electrons. The predicted molar refractivity (Wildman–Crippen MR) is 77.1 cm³/mol. The van der Waals surface area contributed by atoms with Gasteiger partial charge >= 0.3 is 6.18 Å². The largest absolute Gasteiger partial charge is 0.416 e. The van der Waals surface area contributed by atoms with Gasteiger partial charge in [0, 0.05) is 11.5 Å². The van der Waals surface area contributed by atoms with Crippen molar-refractivity contribution >= 4 is 24.4 Å². The first kappa shape index (κ1) is 17.4. The molecule has 0 bridgehead atoms. The van der Waals surface area contributed by atoms with Crippen molar-refractivity contribution in [2.24, 2.45) is 0 Å². The molecular weight excluding hydrogens is 277 g/mol. The molecule has 0 fully saturated rings. The highest BCUT2D eigenvalue weighted by Gasteiger charge is 2.29. The van der Waals surface area contributed by atoms with Crippen LogP contribution >= 0.6 is 24.4 Å². The number of thiol groups is 1. The minimum atomic E-state index is -4.25. The van der Waals surface area contributed by atoms with Crippen LogP contribution in [-0.4, -0.2) is 5.75 Å². The normalized spacial score (nSPS) is 11.2. The van der Waals surface area contributed by atoms with Crippen LogP contribution in [0, 0.1) is 0 Å². The zero-order valence-corrected chi connectivity index (χ0v) is 12.1. The van der Waals surface area contributed by atoms with Gasteiger partial charge in [-0.2, -0.15) is 37.6 Å². The summed E-state index contributed by atoms with van der Waals surface area (Å²) < 4.78 is 36.7. The lowest BCUT2D eigenvalue weighted by Gasteiger charge is -2.07. The Morgan fingerprint density at radius 3 is 2.17 bits per heavy atom. The Bertz CT molecular complexity index is 342. The van der Waals surface area contributed by atoms with Crippen LogP contribution in [0.4, 0.5) is 13.2 Å². The van der Waals surface area contributed by atoms with Gasteiger partial charge < -0.3 is 0 Å². The van der Waals surface area contributed by atoms with Gasteiger partial charge in [0.05, 0.1) is 5.56 Å². The third-order valence-corrected chi connectivity index (χ3v) is 3.05. The van der Waals surface area contributed by atoms with Crippen molar-refractivity contribution in [2.75, 3.05) is 5.75 Å². The Hall–Kier alpha value is -0.550. The van der Waals surface area contributed by atoms with Gasteiger partial charge in [-0.1, -0.05) is 32.1 Å². The maximum atomic E-state index is 12.2. The van der Waals surface area contributed by atoms with E-state index in [2.05, 4.69) is 12.6 Å². The fraction of sp³-hybridized carbons (Fsp3) is 0.385. The van der Waals surface area contributed by atoms with E-state index in [0.29, 0.717) is 5.75 Å². The number of thioether (sulfide) groups is 1. The van der Waals surface area contributed by atoms with E-state index < -0.39 is 11.7 Å². The SMILES string of the molecule is CC.FC(F)(F)c1ccc(CSC/C=C/S)cc1. The van der Waals surface area contributed by atoms with Gasteiger partial charge in [-0.15, -0.1) is 0 Å². The molecular formula is C13H17F3S2. The molecule has 0 spiro atoms. The second-order valence-electron chi connectivity index (χ2n) is 3.09. The molecule has 0 aromatic heterocycles. The molecule has 0 aliphatic rings. The van der Waals surface area contributed by atoms with Crippen molar-refractivity contribution in [3.05, 3.63) is 46.9 Å². The quantitative estimate of drug-likeness (QED) is 0.572. The number of rotatable bonds is 4. The molecule has 0 atom stereocenters. The molecule has 0 aliphatic carbocycles. The zero-order valence-electron chi connectivity index (χ0n) is 10.4. The maximum absolute atomic E-state index is 12.2. The Labute approximate surface area is 116 Å². The van der Waals surface area contributed by atoms with Gasteiger partial charge in [0.1, 0.15) is 0 Å². The van der Waals surface area contributed by atoms with Crippen LogP contribution in [0.2, 0.25) is 0 Å². The summed E-state index contributed by atoms with van der Waals surface area (Å²) in [6.07, 6.45) is -2.36. The van der Waals surface area contributed by atoms with Crippen LogP contribution in [0.3, 0.4) is 0 Å². The van der Waals surface area contributed by atoms with Gasteiger partial charge in [0.2, 0.25) is 0 Å². The average Bonchev–Trinajstić information content (AvgIpc) is 2.37. The minimum absolute atomic E-state index is 0.600. The van der Waals surface area contributed by atoms with E-state index in [1.54, 1.807) is 17.2 Å². The minimum Gasteiger partial charge on any atom is -0.166 e. The Morgan fingerprint density at radius 1 is 1.17 bits per heavy atom. The molecule has 5 heteroatoms. The van der Waals surface area contributed by atoms with Crippen LogP contribution in [0.25, 0.3) is 0 Å². The molecule has 0 aliphatic heterocycles. The summed E-state index contributed by atoms with van der Waals surface area (Å²) in [5.41, 5.74) is 0.294. The fourth-order valence-corrected chi connectivity index (χ4v) is 2.10. The first-order valence-electron chi connectivity index (χ1n) is 5.57. The first-order chi connectivity index (χ1) is 8.54. The summed E-state index contributed by atoms with van der Waals surface area (Å²) in [5.74, 6) is 1.51. The molecule has 1 aromatic rings. The second kappa shape index (κ2) is 9.39. The first-order valence-corrected chi connectivity index (χ1v) is 7.24. The molecule has 1 aromatic carbocycles. The lowest BCUT2D eigenvalue weighted by Crippen LogP contribution is -2.04. The van der Waals surface area contributed by atoms with Crippen LogP contribution in [-0.2, 0) is 11.9 Å². The van der Waals surface area contributed by atoms with E-state index in [4.69, 9.17) is 0 Å². The third kappa shape index (κ3) is 7.01. The highest BCUT2D eigenvalue weighted by molar-refractivity contribution is 7.98. The number of hydrogen-bond acceptors (Lipinski definition) is 2. The molecule has 0 amide bonds. The topological polar surface area (TPSA) is 0 Å². The maximum Gasteiger partial charge on any atom is 0.416 e. The molecule has 0 unspecified atom stereocenters. The van der Waals surface area contributed by atoms with Gasteiger partial charge in [-0.25, -0.2) is 0 Å². The fourth-order valence-electron chi connectivity index (χ4n) is 1.08. The van der Waals surface area contributed by atoms with E-state index in [9.17, 15) is 13.2 Å². The van der Waals surface area contributed by atoms with E-state index in [-0.39, 0.29) is 0 Å². The van der Waals surface area contributed by atoms with Gasteiger partial charge in [0.15, 0.2) is 0 Å². The summed E-state index contributed by atoms with van der Waals surface area (Å²) >= 11 is 5.53. The molecule has 0 nitrogen and oxygen atoms in total. The predicted octanol–water partition coefficient (Wildman–Crippen LogP) is 5.41. The van der Waals surface area contributed by atoms with Crippen molar-refractivity contribution in [1.29, 1.82) is 0 Å². The molecule has 1 rings (SSSR count). The van der Waals surface area contributed by atoms with Crippen molar-refractivity contribution in [3.8, 4) is 0 Å². The number of alkyl halides is 3. The second-order valence-corrected chi connectivity index (χ2v) is 4.42.